The van der Waals surface area contributed by atoms with Gasteiger partial charge in [-0.2, -0.15) is 0 Å². The molecule has 3 aromatic carbocycles. The number of para-hydroxylation sites is 1. The van der Waals surface area contributed by atoms with E-state index < -0.39 is 5.91 Å². The molecule has 0 saturated carbocycles. The molecule has 2 amide bonds. The van der Waals surface area contributed by atoms with Crippen LogP contribution in [0.2, 0.25) is 5.02 Å². The summed E-state index contributed by atoms with van der Waals surface area (Å²) >= 11 is 5.98. The Balaban J connectivity index is 1.41. The monoisotopic (exact) mass is 510 g/mol. The molecule has 0 saturated heterocycles. The van der Waals surface area contributed by atoms with Gasteiger partial charge in [0.05, 0.1) is 18.5 Å². The number of nitrogens with zero attached hydrogens (tertiary/aromatic N) is 3. The van der Waals surface area contributed by atoms with Gasteiger partial charge >= 0.3 is 0 Å². The molecule has 0 unspecified atom stereocenters. The van der Waals surface area contributed by atoms with E-state index in [2.05, 4.69) is 10.3 Å². The van der Waals surface area contributed by atoms with Crippen LogP contribution in [0.15, 0.2) is 114 Å². The van der Waals surface area contributed by atoms with E-state index >= 15 is 0 Å². The maximum absolute atomic E-state index is 13.3. The first kappa shape index (κ1) is 24.1. The number of amides is 2. The van der Waals surface area contributed by atoms with Crippen molar-refractivity contribution in [3.8, 4) is 16.9 Å². The molecule has 0 aliphatic carbocycles. The summed E-state index contributed by atoms with van der Waals surface area (Å²) in [6.45, 7) is -0.0747. The maximum Gasteiger partial charge on any atom is 0.254 e. The lowest BCUT2D eigenvalue weighted by molar-refractivity contribution is -0.117. The van der Waals surface area contributed by atoms with Gasteiger partial charge in [-0.05, 0) is 48.5 Å². The fourth-order valence-corrected chi connectivity index (χ4v) is 4.03. The number of anilines is 1. The highest BCUT2D eigenvalue weighted by atomic mass is 35.5. The van der Waals surface area contributed by atoms with Crippen LogP contribution >= 0.6 is 11.6 Å². The van der Waals surface area contributed by atoms with Gasteiger partial charge in [-0.3, -0.25) is 19.5 Å². The van der Waals surface area contributed by atoms with Crippen LogP contribution in [0.3, 0.4) is 0 Å². The fourth-order valence-electron chi connectivity index (χ4n) is 3.90. The quantitative estimate of drug-likeness (QED) is 0.275. The molecule has 0 fully saturated rings. The Hall–Kier alpha value is -4.62. The first-order chi connectivity index (χ1) is 18.1. The number of aromatic nitrogens is 2. The molecule has 37 heavy (non-hydrogen) atoms. The molecular formula is C29H23ClN4O3. The number of benzene rings is 3. The second kappa shape index (κ2) is 11.0. The van der Waals surface area contributed by atoms with E-state index in [1.807, 2.05) is 71.4 Å². The largest absolute Gasteiger partial charge is 0.467 e. The van der Waals surface area contributed by atoms with Gasteiger partial charge in [0.15, 0.2) is 0 Å². The Morgan fingerprint density at radius 1 is 0.892 bits per heavy atom. The van der Waals surface area contributed by atoms with E-state index in [9.17, 15) is 9.59 Å². The first-order valence-corrected chi connectivity index (χ1v) is 12.0. The number of imidazole rings is 1. The molecule has 8 heteroatoms. The van der Waals surface area contributed by atoms with Gasteiger partial charge in [-0.25, -0.2) is 4.98 Å². The van der Waals surface area contributed by atoms with Gasteiger partial charge in [-0.15, -0.1) is 0 Å². The Kier molecular flexibility index (Phi) is 7.14. The number of furan rings is 1. The van der Waals surface area contributed by atoms with Crippen molar-refractivity contribution in [1.82, 2.24) is 14.5 Å². The molecule has 5 rings (SSSR count). The number of carbonyl (C=O) groups excluding carboxylic acids is 2. The second-order valence-corrected chi connectivity index (χ2v) is 8.75. The van der Waals surface area contributed by atoms with E-state index in [1.54, 1.807) is 36.4 Å². The van der Waals surface area contributed by atoms with Gasteiger partial charge in [0.2, 0.25) is 11.9 Å². The Bertz CT molecular complexity index is 1480. The highest BCUT2D eigenvalue weighted by Crippen LogP contribution is 2.24. The minimum atomic E-state index is -0.392. The number of rotatable bonds is 8. The minimum Gasteiger partial charge on any atom is -0.467 e. The summed E-state index contributed by atoms with van der Waals surface area (Å²) in [5, 5.41) is 3.41. The molecule has 0 aliphatic rings. The summed E-state index contributed by atoms with van der Waals surface area (Å²) in [7, 11) is 0. The van der Waals surface area contributed by atoms with Crippen molar-refractivity contribution >= 4 is 29.4 Å². The average molecular weight is 511 g/mol. The third kappa shape index (κ3) is 5.79. The van der Waals surface area contributed by atoms with Crippen molar-refractivity contribution in [2.24, 2.45) is 0 Å². The number of halogens is 1. The summed E-state index contributed by atoms with van der Waals surface area (Å²) in [6, 6.07) is 29.4. The van der Waals surface area contributed by atoms with Crippen molar-refractivity contribution in [1.29, 1.82) is 0 Å². The molecule has 0 spiro atoms. The third-order valence-electron chi connectivity index (χ3n) is 5.70. The number of nitrogens with one attached hydrogen (secondary N) is 1. The maximum atomic E-state index is 13.3. The van der Waals surface area contributed by atoms with Crippen LogP contribution in [0.5, 0.6) is 0 Å². The van der Waals surface area contributed by atoms with Crippen molar-refractivity contribution in [2.45, 2.75) is 6.54 Å². The lowest BCUT2D eigenvalue weighted by Crippen LogP contribution is -2.37. The summed E-state index contributed by atoms with van der Waals surface area (Å²) in [5.41, 5.74) is 2.90. The van der Waals surface area contributed by atoms with Gasteiger partial charge in [0, 0.05) is 28.0 Å². The van der Waals surface area contributed by atoms with Crippen LogP contribution in [0.1, 0.15) is 16.1 Å². The van der Waals surface area contributed by atoms with Gasteiger partial charge < -0.3 is 9.32 Å². The fraction of sp³-hybridized carbons (Fsp3) is 0.0690. The zero-order valence-corrected chi connectivity index (χ0v) is 20.5. The number of hydrogen-bond donors (Lipinski definition) is 1. The number of hydrogen-bond acceptors (Lipinski definition) is 4. The van der Waals surface area contributed by atoms with E-state index in [4.69, 9.17) is 16.0 Å². The third-order valence-corrected chi connectivity index (χ3v) is 5.95. The molecule has 184 valence electrons. The highest BCUT2D eigenvalue weighted by molar-refractivity contribution is 6.30. The first-order valence-electron chi connectivity index (χ1n) is 11.6. The predicted molar refractivity (Wildman–Crippen MR) is 143 cm³/mol. The van der Waals surface area contributed by atoms with E-state index in [0.717, 1.165) is 11.3 Å². The summed E-state index contributed by atoms with van der Waals surface area (Å²) in [5.74, 6) is 0.204. The smallest absolute Gasteiger partial charge is 0.254 e. The zero-order valence-electron chi connectivity index (χ0n) is 19.8. The van der Waals surface area contributed by atoms with Crippen LogP contribution in [0.25, 0.3) is 16.9 Å². The molecule has 0 bridgehead atoms. The number of carbonyl (C=O) groups is 2. The SMILES string of the molecule is O=C(CN(Cc1ccco1)C(=O)c1ccc(Cl)cc1)Nc1nc(-c2ccccc2)cn1-c1ccccc1. The average Bonchev–Trinajstić information content (AvgIpc) is 3.59. The molecule has 1 N–H and O–H groups in total. The summed E-state index contributed by atoms with van der Waals surface area (Å²) < 4.78 is 7.25. The minimum absolute atomic E-state index is 0.129. The van der Waals surface area contributed by atoms with Crippen LogP contribution < -0.4 is 5.32 Å². The molecular weight excluding hydrogens is 488 g/mol. The van der Waals surface area contributed by atoms with Gasteiger partial charge in [0.25, 0.3) is 5.91 Å². The topological polar surface area (TPSA) is 80.4 Å². The summed E-state index contributed by atoms with van der Waals surface area (Å²) in [4.78, 5) is 32.7. The predicted octanol–water partition coefficient (Wildman–Crippen LogP) is 6.07. The lowest BCUT2D eigenvalue weighted by Gasteiger charge is -2.21. The van der Waals surface area contributed by atoms with Crippen LogP contribution in [0.4, 0.5) is 5.95 Å². The van der Waals surface area contributed by atoms with Crippen molar-refractivity contribution in [3.05, 3.63) is 126 Å². The molecule has 0 aliphatic heterocycles. The molecule has 0 atom stereocenters. The van der Waals surface area contributed by atoms with Crippen LogP contribution in [-0.2, 0) is 11.3 Å². The molecule has 2 aromatic heterocycles. The van der Waals surface area contributed by atoms with Gasteiger partial charge in [0.1, 0.15) is 12.3 Å². The lowest BCUT2D eigenvalue weighted by atomic mass is 10.2. The van der Waals surface area contributed by atoms with E-state index in [1.165, 1.54) is 11.2 Å². The van der Waals surface area contributed by atoms with E-state index in [0.29, 0.717) is 28.0 Å². The van der Waals surface area contributed by atoms with Gasteiger partial charge in [-0.1, -0.05) is 60.1 Å². The van der Waals surface area contributed by atoms with Crippen LogP contribution in [0, 0.1) is 0 Å². The van der Waals surface area contributed by atoms with Crippen LogP contribution in [-0.4, -0.2) is 32.8 Å². The highest BCUT2D eigenvalue weighted by Gasteiger charge is 2.22. The standard InChI is InChI=1S/C29H23ClN4O3/c30-23-15-13-22(14-16-23)28(36)33(18-25-12-7-17-37-25)20-27(35)32-29-31-26(21-8-3-1-4-9-21)19-34(29)24-10-5-2-6-11-24/h1-17,19H,18,20H2,(H,31,32,35). The zero-order chi connectivity index (χ0) is 25.6. The van der Waals surface area contributed by atoms with Crippen molar-refractivity contribution < 1.29 is 14.0 Å². The Labute approximate surface area is 218 Å². The molecule has 0 radical (unpaired) electrons. The molecule has 2 heterocycles. The Morgan fingerprint density at radius 2 is 1.59 bits per heavy atom. The van der Waals surface area contributed by atoms with Crippen molar-refractivity contribution in [3.63, 3.8) is 0 Å². The second-order valence-electron chi connectivity index (χ2n) is 8.32. The molecule has 5 aromatic rings. The molecule has 7 nitrogen and oxygen atoms in total. The van der Waals surface area contributed by atoms with Crippen molar-refractivity contribution in [2.75, 3.05) is 11.9 Å². The summed E-state index contributed by atoms with van der Waals surface area (Å²) in [6.07, 6.45) is 3.40. The normalized spacial score (nSPS) is 10.7. The Morgan fingerprint density at radius 3 is 2.27 bits per heavy atom. The van der Waals surface area contributed by atoms with E-state index in [-0.39, 0.29) is 19.0 Å².